The Morgan fingerprint density at radius 3 is 2.64 bits per heavy atom. The molecule has 0 bridgehead atoms. The van der Waals surface area contributed by atoms with Crippen molar-refractivity contribution < 1.29 is 5.11 Å². The molecule has 0 spiro atoms. The SMILES string of the molecule is CC1CCN(NCCO)CC1. The molecule has 1 fully saturated rings. The highest BCUT2D eigenvalue weighted by Crippen LogP contribution is 2.13. The first-order chi connectivity index (χ1) is 5.33. The van der Waals surface area contributed by atoms with Gasteiger partial charge in [-0.2, -0.15) is 0 Å². The zero-order chi connectivity index (χ0) is 8.10. The minimum absolute atomic E-state index is 0.228. The molecule has 0 aromatic carbocycles. The van der Waals surface area contributed by atoms with Gasteiger partial charge in [-0.05, 0) is 18.8 Å². The van der Waals surface area contributed by atoms with Gasteiger partial charge in [0.1, 0.15) is 0 Å². The molecule has 2 N–H and O–H groups in total. The van der Waals surface area contributed by atoms with E-state index >= 15 is 0 Å². The van der Waals surface area contributed by atoms with Crippen LogP contribution >= 0.6 is 0 Å². The minimum Gasteiger partial charge on any atom is -0.395 e. The molecule has 1 saturated heterocycles. The summed E-state index contributed by atoms with van der Waals surface area (Å²) in [5.74, 6) is 0.877. The molecule has 0 saturated carbocycles. The van der Waals surface area contributed by atoms with E-state index < -0.39 is 0 Å². The average molecular weight is 158 g/mol. The second-order valence-electron chi connectivity index (χ2n) is 3.30. The maximum absolute atomic E-state index is 8.56. The van der Waals surface area contributed by atoms with Crippen molar-refractivity contribution in [2.45, 2.75) is 19.8 Å². The fraction of sp³-hybridized carbons (Fsp3) is 1.00. The highest BCUT2D eigenvalue weighted by atomic mass is 16.3. The highest BCUT2D eigenvalue weighted by Gasteiger charge is 2.14. The average Bonchev–Trinajstić information content (AvgIpc) is 2.04. The molecule has 11 heavy (non-hydrogen) atoms. The molecule has 0 aromatic rings. The maximum Gasteiger partial charge on any atom is 0.0570 e. The Kier molecular flexibility index (Phi) is 3.83. The van der Waals surface area contributed by atoms with E-state index in [4.69, 9.17) is 5.11 Å². The van der Waals surface area contributed by atoms with E-state index in [1.54, 1.807) is 0 Å². The molecule has 0 aliphatic carbocycles. The Balaban J connectivity index is 2.07. The molecule has 66 valence electrons. The van der Waals surface area contributed by atoms with Gasteiger partial charge in [-0.15, -0.1) is 0 Å². The van der Waals surface area contributed by atoms with Crippen LogP contribution in [0, 0.1) is 5.92 Å². The van der Waals surface area contributed by atoms with E-state index in [0.717, 1.165) is 19.0 Å². The van der Waals surface area contributed by atoms with Gasteiger partial charge >= 0.3 is 0 Å². The van der Waals surface area contributed by atoms with Crippen LogP contribution in [0.5, 0.6) is 0 Å². The molecule has 0 radical (unpaired) electrons. The molecule has 1 aliphatic rings. The molecule has 1 heterocycles. The quantitative estimate of drug-likeness (QED) is 0.616. The number of hydrazine groups is 1. The molecule has 0 unspecified atom stereocenters. The predicted octanol–water partition coefficient (Wildman–Crippen LogP) is 0.215. The molecule has 0 amide bonds. The first-order valence-electron chi connectivity index (χ1n) is 4.42. The van der Waals surface area contributed by atoms with Crippen LogP contribution in [0.4, 0.5) is 0 Å². The van der Waals surface area contributed by atoms with Crippen LogP contribution in [0.1, 0.15) is 19.8 Å². The van der Waals surface area contributed by atoms with Crippen molar-refractivity contribution in [2.24, 2.45) is 5.92 Å². The van der Waals surface area contributed by atoms with Gasteiger partial charge in [-0.3, -0.25) is 5.43 Å². The van der Waals surface area contributed by atoms with E-state index in [1.165, 1.54) is 12.8 Å². The lowest BCUT2D eigenvalue weighted by Gasteiger charge is -2.30. The van der Waals surface area contributed by atoms with E-state index in [-0.39, 0.29) is 6.61 Å². The summed E-state index contributed by atoms with van der Waals surface area (Å²) in [6, 6.07) is 0. The van der Waals surface area contributed by atoms with Crippen LogP contribution in [0.3, 0.4) is 0 Å². The Hall–Kier alpha value is -0.120. The summed E-state index contributed by atoms with van der Waals surface area (Å²) in [5, 5.41) is 10.8. The summed E-state index contributed by atoms with van der Waals surface area (Å²) in [4.78, 5) is 0. The predicted molar refractivity (Wildman–Crippen MR) is 45.1 cm³/mol. The normalized spacial score (nSPS) is 22.4. The van der Waals surface area contributed by atoms with Gasteiger partial charge in [0.25, 0.3) is 0 Å². The second-order valence-corrected chi connectivity index (χ2v) is 3.30. The number of nitrogens with zero attached hydrogens (tertiary/aromatic N) is 1. The summed E-state index contributed by atoms with van der Waals surface area (Å²) >= 11 is 0. The van der Waals surface area contributed by atoms with Crippen molar-refractivity contribution in [1.29, 1.82) is 0 Å². The van der Waals surface area contributed by atoms with Gasteiger partial charge in [0.05, 0.1) is 6.61 Å². The van der Waals surface area contributed by atoms with Crippen molar-refractivity contribution in [3.05, 3.63) is 0 Å². The van der Waals surface area contributed by atoms with Gasteiger partial charge in [0.15, 0.2) is 0 Å². The second kappa shape index (κ2) is 4.70. The zero-order valence-electron chi connectivity index (χ0n) is 7.21. The molecule has 1 aliphatic heterocycles. The Morgan fingerprint density at radius 2 is 2.09 bits per heavy atom. The van der Waals surface area contributed by atoms with Crippen molar-refractivity contribution in [1.82, 2.24) is 10.4 Å². The topological polar surface area (TPSA) is 35.5 Å². The molecular weight excluding hydrogens is 140 g/mol. The van der Waals surface area contributed by atoms with Crippen LogP contribution in [0.25, 0.3) is 0 Å². The van der Waals surface area contributed by atoms with E-state index in [0.29, 0.717) is 6.54 Å². The van der Waals surface area contributed by atoms with Gasteiger partial charge < -0.3 is 5.11 Å². The zero-order valence-corrected chi connectivity index (χ0v) is 7.21. The molecular formula is C8H18N2O. The highest BCUT2D eigenvalue weighted by molar-refractivity contribution is 4.66. The molecule has 1 rings (SSSR count). The summed E-state index contributed by atoms with van der Waals surface area (Å²) in [7, 11) is 0. The van der Waals surface area contributed by atoms with Gasteiger partial charge in [0.2, 0.25) is 0 Å². The number of aliphatic hydroxyl groups is 1. The largest absolute Gasteiger partial charge is 0.395 e. The number of aliphatic hydroxyl groups excluding tert-OH is 1. The van der Waals surface area contributed by atoms with Crippen molar-refractivity contribution >= 4 is 0 Å². The summed E-state index contributed by atoms with van der Waals surface area (Å²) in [5.41, 5.74) is 3.18. The molecule has 0 atom stereocenters. The lowest BCUT2D eigenvalue weighted by molar-refractivity contribution is 0.117. The third-order valence-corrected chi connectivity index (χ3v) is 2.23. The summed E-state index contributed by atoms with van der Waals surface area (Å²) < 4.78 is 0. The molecule has 3 nitrogen and oxygen atoms in total. The van der Waals surface area contributed by atoms with E-state index in [2.05, 4.69) is 17.4 Å². The van der Waals surface area contributed by atoms with E-state index in [9.17, 15) is 0 Å². The molecule has 0 aromatic heterocycles. The summed E-state index contributed by atoms with van der Waals surface area (Å²) in [6.45, 7) is 5.46. The van der Waals surface area contributed by atoms with Crippen LogP contribution in [-0.4, -0.2) is 36.4 Å². The third-order valence-electron chi connectivity index (χ3n) is 2.23. The van der Waals surface area contributed by atoms with Crippen LogP contribution in [0.15, 0.2) is 0 Å². The van der Waals surface area contributed by atoms with Crippen LogP contribution in [0.2, 0.25) is 0 Å². The Morgan fingerprint density at radius 1 is 1.45 bits per heavy atom. The van der Waals surface area contributed by atoms with E-state index in [1.807, 2.05) is 0 Å². The monoisotopic (exact) mass is 158 g/mol. The number of rotatable bonds is 3. The Bertz CT molecular complexity index is 97.5. The van der Waals surface area contributed by atoms with Gasteiger partial charge in [-0.25, -0.2) is 5.01 Å². The fourth-order valence-electron chi connectivity index (χ4n) is 1.37. The Labute approximate surface area is 68.4 Å². The maximum atomic E-state index is 8.56. The van der Waals surface area contributed by atoms with Crippen molar-refractivity contribution in [3.8, 4) is 0 Å². The summed E-state index contributed by atoms with van der Waals surface area (Å²) in [6.07, 6.45) is 2.55. The lowest BCUT2D eigenvalue weighted by Crippen LogP contribution is -2.44. The first kappa shape index (κ1) is 8.97. The van der Waals surface area contributed by atoms with Gasteiger partial charge in [0, 0.05) is 19.6 Å². The molecule has 3 heteroatoms. The smallest absolute Gasteiger partial charge is 0.0570 e. The lowest BCUT2D eigenvalue weighted by atomic mass is 10.0. The van der Waals surface area contributed by atoms with Crippen LogP contribution < -0.4 is 5.43 Å². The first-order valence-corrected chi connectivity index (χ1v) is 4.42. The van der Waals surface area contributed by atoms with Crippen molar-refractivity contribution in [2.75, 3.05) is 26.2 Å². The standard InChI is InChI=1S/C8H18N2O/c1-8-2-5-10(6-3-8)9-4-7-11/h8-9,11H,2-7H2,1H3. The van der Waals surface area contributed by atoms with Crippen molar-refractivity contribution in [3.63, 3.8) is 0 Å². The van der Waals surface area contributed by atoms with Gasteiger partial charge in [-0.1, -0.05) is 6.92 Å². The minimum atomic E-state index is 0.228. The number of hydrogen-bond acceptors (Lipinski definition) is 3. The number of hydrogen-bond donors (Lipinski definition) is 2. The number of piperidine rings is 1. The number of nitrogens with one attached hydrogen (secondary N) is 1. The fourth-order valence-corrected chi connectivity index (χ4v) is 1.37. The third kappa shape index (κ3) is 3.18. The van der Waals surface area contributed by atoms with Crippen LogP contribution in [-0.2, 0) is 0 Å².